The first-order chi connectivity index (χ1) is 28.9. The Morgan fingerprint density at radius 1 is 0.933 bits per heavy atom. The third-order valence-electron chi connectivity index (χ3n) is 11.8. The normalized spacial score (nSPS) is 18.0. The van der Waals surface area contributed by atoms with Gasteiger partial charge in [-0.3, -0.25) is 29.8 Å². The highest BCUT2D eigenvalue weighted by Gasteiger charge is 2.43. The van der Waals surface area contributed by atoms with Gasteiger partial charge in [0, 0.05) is 50.1 Å². The standard InChI is InChI=1S/C47H60N8O5/c1-6-32(4)43(40-27-49-47(60)55(40)29-37-17-12-14-33(5)50-37)45(58)51-39(26-34-15-8-7-9-16-34)41(56)30-53(52-46(59)44(31(2)3)54-25-13-19-42(54)57)28-35-20-22-36(23-21-35)38-18-10-11-24-48-38/h7-12,14-18,20-24,31-32,39-41,43-44,56H,6,13,19,25-30H2,1-5H3,(H,49,60)(H,51,58)(H,52,59). The van der Waals surface area contributed by atoms with E-state index in [2.05, 4.69) is 26.0 Å². The minimum Gasteiger partial charge on any atom is -0.390 e. The van der Waals surface area contributed by atoms with E-state index in [1.54, 1.807) is 21.0 Å². The van der Waals surface area contributed by atoms with Gasteiger partial charge in [0.05, 0.1) is 42.0 Å². The first kappa shape index (κ1) is 43.9. The number of aromatic nitrogens is 2. The molecule has 2 fully saturated rings. The van der Waals surface area contributed by atoms with Crippen LogP contribution < -0.4 is 16.1 Å². The molecule has 60 heavy (non-hydrogen) atoms. The first-order valence-electron chi connectivity index (χ1n) is 21.3. The number of hydrogen-bond donors (Lipinski definition) is 4. The molecule has 2 aliphatic heterocycles. The molecular formula is C47H60N8O5. The molecular weight excluding hydrogens is 757 g/mol. The van der Waals surface area contributed by atoms with Crippen molar-refractivity contribution in [1.82, 2.24) is 40.8 Å². The summed E-state index contributed by atoms with van der Waals surface area (Å²) in [7, 11) is 0. The number of nitrogens with one attached hydrogen (secondary N) is 3. The Kier molecular flexibility index (Phi) is 15.0. The predicted octanol–water partition coefficient (Wildman–Crippen LogP) is 5.28. The number of benzene rings is 2. The fraction of sp³-hybridized carbons (Fsp3) is 0.447. The molecule has 4 heterocycles. The Balaban J connectivity index is 1.27. The largest absolute Gasteiger partial charge is 0.390 e. The molecule has 6 rings (SSSR count). The molecule has 2 aliphatic rings. The second-order valence-corrected chi connectivity index (χ2v) is 16.6. The highest BCUT2D eigenvalue weighted by Crippen LogP contribution is 2.28. The topological polar surface area (TPSA) is 160 Å². The summed E-state index contributed by atoms with van der Waals surface area (Å²) in [6.45, 7) is 11.1. The number of aliphatic hydroxyl groups is 1. The van der Waals surface area contributed by atoms with E-state index in [0.717, 1.165) is 33.8 Å². The number of carbonyl (C=O) groups excluding carboxylic acids is 4. The summed E-state index contributed by atoms with van der Waals surface area (Å²) in [5.41, 5.74) is 8.23. The van der Waals surface area contributed by atoms with Gasteiger partial charge >= 0.3 is 6.03 Å². The first-order valence-corrected chi connectivity index (χ1v) is 21.3. The van der Waals surface area contributed by atoms with Gasteiger partial charge in [-0.25, -0.2) is 9.80 Å². The number of hydrazine groups is 1. The molecule has 0 radical (unpaired) electrons. The Labute approximate surface area is 353 Å². The van der Waals surface area contributed by atoms with E-state index in [0.29, 0.717) is 38.8 Å². The minimum atomic E-state index is -1.15. The van der Waals surface area contributed by atoms with E-state index < -0.39 is 30.1 Å². The molecule has 318 valence electrons. The van der Waals surface area contributed by atoms with E-state index in [1.807, 2.05) is 126 Å². The van der Waals surface area contributed by atoms with Crippen LogP contribution in [0.1, 0.15) is 69.5 Å². The maximum atomic E-state index is 14.7. The number of aryl methyl sites for hydroxylation is 1. The van der Waals surface area contributed by atoms with Crippen LogP contribution in [0, 0.1) is 24.7 Å². The number of hydrogen-bond acceptors (Lipinski definition) is 8. The highest BCUT2D eigenvalue weighted by atomic mass is 16.3. The summed E-state index contributed by atoms with van der Waals surface area (Å²) in [5.74, 6) is -1.49. The molecule has 2 saturated heterocycles. The molecule has 2 aromatic heterocycles. The van der Waals surface area contributed by atoms with Crippen molar-refractivity contribution in [2.75, 3.05) is 19.6 Å². The third kappa shape index (κ3) is 11.1. The van der Waals surface area contributed by atoms with Gasteiger partial charge in [0.1, 0.15) is 6.04 Å². The summed E-state index contributed by atoms with van der Waals surface area (Å²) >= 11 is 0. The van der Waals surface area contributed by atoms with Gasteiger partial charge in [-0.2, -0.15) is 0 Å². The summed E-state index contributed by atoms with van der Waals surface area (Å²) in [6.07, 6.45) is 2.72. The van der Waals surface area contributed by atoms with Crippen LogP contribution in [-0.4, -0.2) is 97.5 Å². The van der Waals surface area contributed by atoms with Crippen molar-refractivity contribution in [2.45, 2.75) is 97.6 Å². The van der Waals surface area contributed by atoms with Crippen LogP contribution in [0.4, 0.5) is 4.79 Å². The molecule has 6 atom stereocenters. The van der Waals surface area contributed by atoms with Gasteiger partial charge in [-0.15, -0.1) is 0 Å². The van der Waals surface area contributed by atoms with Crippen molar-refractivity contribution in [3.8, 4) is 11.3 Å². The monoisotopic (exact) mass is 816 g/mol. The number of urea groups is 1. The lowest BCUT2D eigenvalue weighted by atomic mass is 9.83. The van der Waals surface area contributed by atoms with Crippen molar-refractivity contribution in [1.29, 1.82) is 0 Å². The lowest BCUT2D eigenvalue weighted by molar-refractivity contribution is -0.142. The Morgan fingerprint density at radius 3 is 2.33 bits per heavy atom. The van der Waals surface area contributed by atoms with Crippen LogP contribution in [-0.2, 0) is 33.9 Å². The Morgan fingerprint density at radius 2 is 1.68 bits per heavy atom. The second kappa shape index (κ2) is 20.5. The maximum Gasteiger partial charge on any atom is 0.318 e. The van der Waals surface area contributed by atoms with Crippen molar-refractivity contribution in [3.05, 3.63) is 120 Å². The van der Waals surface area contributed by atoms with E-state index in [-0.39, 0.29) is 55.2 Å². The van der Waals surface area contributed by atoms with Crippen LogP contribution in [0.2, 0.25) is 0 Å². The number of aliphatic hydroxyl groups excluding tert-OH is 1. The summed E-state index contributed by atoms with van der Waals surface area (Å²) < 4.78 is 0. The van der Waals surface area contributed by atoms with E-state index >= 15 is 0 Å². The molecule has 13 nitrogen and oxygen atoms in total. The zero-order valence-corrected chi connectivity index (χ0v) is 35.5. The van der Waals surface area contributed by atoms with Crippen molar-refractivity contribution < 1.29 is 24.3 Å². The van der Waals surface area contributed by atoms with Crippen molar-refractivity contribution in [2.24, 2.45) is 17.8 Å². The highest BCUT2D eigenvalue weighted by molar-refractivity contribution is 5.88. The molecule has 4 aromatic rings. The smallest absolute Gasteiger partial charge is 0.318 e. The van der Waals surface area contributed by atoms with Crippen LogP contribution in [0.5, 0.6) is 0 Å². The summed E-state index contributed by atoms with van der Waals surface area (Å²) in [4.78, 5) is 67.5. The maximum absolute atomic E-state index is 14.7. The molecule has 13 heteroatoms. The third-order valence-corrected chi connectivity index (χ3v) is 11.8. The van der Waals surface area contributed by atoms with Gasteiger partial charge in [-0.05, 0) is 67.0 Å². The van der Waals surface area contributed by atoms with Gasteiger partial charge < -0.3 is 25.5 Å². The molecule has 2 aromatic carbocycles. The summed E-state index contributed by atoms with van der Waals surface area (Å²) in [5, 5.41) is 20.1. The van der Waals surface area contributed by atoms with Crippen LogP contribution >= 0.6 is 0 Å². The van der Waals surface area contributed by atoms with Crippen molar-refractivity contribution in [3.63, 3.8) is 0 Å². The van der Waals surface area contributed by atoms with Crippen LogP contribution in [0.15, 0.2) is 97.2 Å². The van der Waals surface area contributed by atoms with E-state index in [1.165, 1.54) is 0 Å². The summed E-state index contributed by atoms with van der Waals surface area (Å²) in [6, 6.07) is 26.8. The molecule has 4 N–H and O–H groups in total. The van der Waals surface area contributed by atoms with Gasteiger partial charge in [0.2, 0.25) is 11.8 Å². The average molecular weight is 817 g/mol. The number of carbonyl (C=O) groups is 4. The number of likely N-dealkylation sites (tertiary alicyclic amines) is 1. The fourth-order valence-corrected chi connectivity index (χ4v) is 8.45. The molecule has 0 aliphatic carbocycles. The molecule has 0 spiro atoms. The van der Waals surface area contributed by atoms with Gasteiger partial charge in [0.25, 0.3) is 5.91 Å². The second-order valence-electron chi connectivity index (χ2n) is 16.6. The van der Waals surface area contributed by atoms with Crippen molar-refractivity contribution >= 4 is 23.8 Å². The lowest BCUT2D eigenvalue weighted by Gasteiger charge is -2.36. The number of pyridine rings is 2. The zero-order valence-electron chi connectivity index (χ0n) is 35.5. The van der Waals surface area contributed by atoms with E-state index in [9.17, 15) is 24.3 Å². The fourth-order valence-electron chi connectivity index (χ4n) is 8.45. The molecule has 5 amide bonds. The minimum absolute atomic E-state index is 0.0348. The predicted molar refractivity (Wildman–Crippen MR) is 231 cm³/mol. The molecule has 0 saturated carbocycles. The Hall–Kier alpha value is -5.66. The zero-order chi connectivity index (χ0) is 42.8. The SMILES string of the molecule is CCC(C)C(C(=O)NC(Cc1ccccc1)C(O)CN(Cc1ccc(-c2ccccn2)cc1)NC(=O)C(C(C)C)N1CCCC1=O)C1CNC(=O)N1Cc1cccc(C)n1. The van der Waals surface area contributed by atoms with E-state index in [4.69, 9.17) is 0 Å². The van der Waals surface area contributed by atoms with Gasteiger partial charge in [-0.1, -0.05) is 101 Å². The van der Waals surface area contributed by atoms with Gasteiger partial charge in [0.15, 0.2) is 0 Å². The molecule has 0 bridgehead atoms. The quantitative estimate of drug-likeness (QED) is 0.0932. The number of amides is 5. The molecule has 6 unspecified atom stereocenters. The lowest BCUT2D eigenvalue weighted by Crippen LogP contribution is -2.58. The number of rotatable bonds is 19. The Bertz CT molecular complexity index is 2050. The van der Waals surface area contributed by atoms with Crippen LogP contribution in [0.3, 0.4) is 0 Å². The number of nitrogens with zero attached hydrogens (tertiary/aromatic N) is 5. The van der Waals surface area contributed by atoms with Crippen LogP contribution in [0.25, 0.3) is 11.3 Å². The average Bonchev–Trinajstić information content (AvgIpc) is 3.82.